The molecule has 0 amide bonds. The van der Waals surface area contributed by atoms with Gasteiger partial charge in [-0.05, 0) is 0 Å². The second kappa shape index (κ2) is 6.42. The Morgan fingerprint density at radius 2 is 2.15 bits per heavy atom. The van der Waals surface area contributed by atoms with Gasteiger partial charge in [0.1, 0.15) is 0 Å². The van der Waals surface area contributed by atoms with Crippen molar-refractivity contribution in [3.05, 3.63) is 24.3 Å². The second-order valence-electron chi connectivity index (χ2n) is 4.84. The summed E-state index contributed by atoms with van der Waals surface area (Å²) in [4.78, 5) is 6.38. The molecule has 0 aliphatic carbocycles. The standard InChI is InChI=1S/C13H22N6O/c1-17(2)13-15-9-12(18(13)3)8-14-11-7-16-19(10-11)5-6-20-4/h7,9-10,14H,5-6,8H2,1-4H3. The van der Waals surface area contributed by atoms with Gasteiger partial charge >= 0.3 is 0 Å². The first-order valence-electron chi connectivity index (χ1n) is 6.55. The largest absolute Gasteiger partial charge is 0.383 e. The molecule has 0 unspecified atom stereocenters. The number of nitrogens with one attached hydrogen (secondary N) is 1. The third kappa shape index (κ3) is 3.30. The van der Waals surface area contributed by atoms with Crippen molar-refractivity contribution < 1.29 is 4.74 Å². The van der Waals surface area contributed by atoms with Crippen LogP contribution in [0.2, 0.25) is 0 Å². The van der Waals surface area contributed by atoms with Crippen LogP contribution >= 0.6 is 0 Å². The van der Waals surface area contributed by atoms with E-state index in [1.807, 2.05) is 49.3 Å². The highest BCUT2D eigenvalue weighted by atomic mass is 16.5. The molecule has 0 atom stereocenters. The fourth-order valence-corrected chi connectivity index (χ4v) is 1.97. The molecular formula is C13H22N6O. The van der Waals surface area contributed by atoms with Crippen molar-refractivity contribution in [3.63, 3.8) is 0 Å². The zero-order valence-corrected chi connectivity index (χ0v) is 12.5. The lowest BCUT2D eigenvalue weighted by atomic mass is 10.4. The molecule has 0 aromatic carbocycles. The van der Waals surface area contributed by atoms with E-state index in [0.29, 0.717) is 13.2 Å². The Hall–Kier alpha value is -2.02. The molecular weight excluding hydrogens is 256 g/mol. The van der Waals surface area contributed by atoms with Gasteiger partial charge in [-0.3, -0.25) is 4.68 Å². The number of rotatable bonds is 7. The van der Waals surface area contributed by atoms with Gasteiger partial charge in [-0.25, -0.2) is 4.98 Å². The van der Waals surface area contributed by atoms with Crippen molar-refractivity contribution in [2.45, 2.75) is 13.1 Å². The average Bonchev–Trinajstić information content (AvgIpc) is 3.01. The number of nitrogens with zero attached hydrogens (tertiary/aromatic N) is 5. The average molecular weight is 278 g/mol. The molecule has 0 radical (unpaired) electrons. The molecule has 1 N–H and O–H groups in total. The molecule has 0 aliphatic rings. The van der Waals surface area contributed by atoms with Crippen LogP contribution in [0, 0.1) is 0 Å². The molecule has 0 fully saturated rings. The van der Waals surface area contributed by atoms with Crippen LogP contribution in [0.25, 0.3) is 0 Å². The molecule has 7 nitrogen and oxygen atoms in total. The van der Waals surface area contributed by atoms with Gasteiger partial charge < -0.3 is 19.5 Å². The van der Waals surface area contributed by atoms with E-state index in [1.54, 1.807) is 7.11 Å². The topological polar surface area (TPSA) is 60.1 Å². The summed E-state index contributed by atoms with van der Waals surface area (Å²) >= 11 is 0. The number of aromatic nitrogens is 4. The first-order valence-corrected chi connectivity index (χ1v) is 6.55. The minimum atomic E-state index is 0.662. The molecule has 2 heterocycles. The van der Waals surface area contributed by atoms with Crippen LogP contribution < -0.4 is 10.2 Å². The summed E-state index contributed by atoms with van der Waals surface area (Å²) < 4.78 is 8.96. The van der Waals surface area contributed by atoms with E-state index in [0.717, 1.165) is 23.9 Å². The van der Waals surface area contributed by atoms with E-state index in [9.17, 15) is 0 Å². The smallest absolute Gasteiger partial charge is 0.204 e. The van der Waals surface area contributed by atoms with Gasteiger partial charge in [-0.1, -0.05) is 0 Å². The monoisotopic (exact) mass is 278 g/mol. The fraction of sp³-hybridized carbons (Fsp3) is 0.538. The van der Waals surface area contributed by atoms with Crippen molar-refractivity contribution >= 4 is 11.6 Å². The molecule has 2 aromatic heterocycles. The highest BCUT2D eigenvalue weighted by Crippen LogP contribution is 2.13. The van der Waals surface area contributed by atoms with Gasteiger partial charge in [0.05, 0.1) is 43.5 Å². The molecule has 7 heteroatoms. The normalized spacial score (nSPS) is 10.8. The third-order valence-corrected chi connectivity index (χ3v) is 3.09. The van der Waals surface area contributed by atoms with Gasteiger partial charge in [0.15, 0.2) is 0 Å². The van der Waals surface area contributed by atoms with Crippen LogP contribution in [0.15, 0.2) is 18.6 Å². The first kappa shape index (κ1) is 14.4. The number of hydrogen-bond acceptors (Lipinski definition) is 5. The van der Waals surface area contributed by atoms with Crippen LogP contribution in [0.3, 0.4) is 0 Å². The number of anilines is 2. The number of ether oxygens (including phenoxy) is 1. The van der Waals surface area contributed by atoms with Crippen molar-refractivity contribution in [1.82, 2.24) is 19.3 Å². The molecule has 0 aliphatic heterocycles. The zero-order valence-electron chi connectivity index (χ0n) is 12.5. The minimum absolute atomic E-state index is 0.662. The molecule has 0 saturated heterocycles. The Kier molecular flexibility index (Phi) is 4.62. The van der Waals surface area contributed by atoms with Crippen LogP contribution in [-0.4, -0.2) is 47.1 Å². The maximum Gasteiger partial charge on any atom is 0.204 e. The number of hydrogen-bond donors (Lipinski definition) is 1. The van der Waals surface area contributed by atoms with Gasteiger partial charge in [0.25, 0.3) is 0 Å². The lowest BCUT2D eigenvalue weighted by molar-refractivity contribution is 0.183. The van der Waals surface area contributed by atoms with Crippen LogP contribution in [0.4, 0.5) is 11.6 Å². The lowest BCUT2D eigenvalue weighted by Gasteiger charge is -2.12. The van der Waals surface area contributed by atoms with Crippen LogP contribution in [-0.2, 0) is 24.9 Å². The highest BCUT2D eigenvalue weighted by Gasteiger charge is 2.08. The highest BCUT2D eigenvalue weighted by molar-refractivity contribution is 5.39. The summed E-state index contributed by atoms with van der Waals surface area (Å²) in [6.45, 7) is 2.14. The Balaban J connectivity index is 1.93. The molecule has 110 valence electrons. The summed E-state index contributed by atoms with van der Waals surface area (Å²) in [5, 5.41) is 7.61. The summed E-state index contributed by atoms with van der Waals surface area (Å²) in [6, 6.07) is 0. The molecule has 2 rings (SSSR count). The Morgan fingerprint density at radius 1 is 1.35 bits per heavy atom. The Bertz CT molecular complexity index is 545. The maximum absolute atomic E-state index is 5.03. The van der Waals surface area contributed by atoms with Crippen molar-refractivity contribution in [2.24, 2.45) is 7.05 Å². The Labute approximate surface area is 119 Å². The van der Waals surface area contributed by atoms with Crippen molar-refractivity contribution in [3.8, 4) is 0 Å². The van der Waals surface area contributed by atoms with Gasteiger partial charge in [-0.15, -0.1) is 0 Å². The van der Waals surface area contributed by atoms with Gasteiger partial charge in [0, 0.05) is 34.4 Å². The number of imidazole rings is 1. The van der Waals surface area contributed by atoms with Crippen LogP contribution in [0.1, 0.15) is 5.69 Å². The first-order chi connectivity index (χ1) is 9.61. The predicted octanol–water partition coefficient (Wildman–Crippen LogP) is 0.941. The van der Waals surface area contributed by atoms with E-state index >= 15 is 0 Å². The van der Waals surface area contributed by atoms with E-state index in [4.69, 9.17) is 4.74 Å². The van der Waals surface area contributed by atoms with Crippen molar-refractivity contribution in [2.75, 3.05) is 38.0 Å². The summed E-state index contributed by atoms with van der Waals surface area (Å²) in [5.74, 6) is 0.942. The zero-order chi connectivity index (χ0) is 14.5. The van der Waals surface area contributed by atoms with E-state index in [2.05, 4.69) is 20.0 Å². The minimum Gasteiger partial charge on any atom is -0.383 e. The molecule has 0 spiro atoms. The fourth-order valence-electron chi connectivity index (χ4n) is 1.97. The van der Waals surface area contributed by atoms with E-state index in [1.165, 1.54) is 0 Å². The SMILES string of the molecule is COCCn1cc(NCc2cnc(N(C)C)n2C)cn1. The molecule has 0 saturated carbocycles. The van der Waals surface area contributed by atoms with Gasteiger partial charge in [0.2, 0.25) is 5.95 Å². The van der Waals surface area contributed by atoms with E-state index < -0.39 is 0 Å². The Morgan fingerprint density at radius 3 is 2.80 bits per heavy atom. The van der Waals surface area contributed by atoms with Crippen LogP contribution in [0.5, 0.6) is 0 Å². The summed E-state index contributed by atoms with van der Waals surface area (Å²) in [5.41, 5.74) is 2.12. The van der Waals surface area contributed by atoms with Gasteiger partial charge in [-0.2, -0.15) is 5.10 Å². The quantitative estimate of drug-likeness (QED) is 0.817. The summed E-state index contributed by atoms with van der Waals surface area (Å²) in [7, 11) is 7.67. The molecule has 20 heavy (non-hydrogen) atoms. The third-order valence-electron chi connectivity index (χ3n) is 3.09. The number of methoxy groups -OCH3 is 1. The summed E-state index contributed by atoms with van der Waals surface area (Å²) in [6.07, 6.45) is 5.68. The maximum atomic E-state index is 5.03. The molecule has 2 aromatic rings. The second-order valence-corrected chi connectivity index (χ2v) is 4.84. The van der Waals surface area contributed by atoms with E-state index in [-0.39, 0.29) is 0 Å². The predicted molar refractivity (Wildman–Crippen MR) is 79.0 cm³/mol. The molecule has 0 bridgehead atoms. The lowest BCUT2D eigenvalue weighted by Crippen LogP contribution is -2.15. The van der Waals surface area contributed by atoms with Crippen molar-refractivity contribution in [1.29, 1.82) is 0 Å².